The zero-order chi connectivity index (χ0) is 17.9. The van der Waals surface area contributed by atoms with E-state index in [1.165, 1.54) is 24.3 Å². The first kappa shape index (κ1) is 17.4. The molecular weight excluding hydrogens is 338 g/mol. The van der Waals surface area contributed by atoms with Gasteiger partial charge in [0.2, 0.25) is 10.0 Å². The second kappa shape index (κ2) is 7.25. The molecule has 2 aromatic rings. The second-order valence-corrected chi connectivity index (χ2v) is 7.67. The summed E-state index contributed by atoms with van der Waals surface area (Å²) in [6.45, 7) is 1.53. The van der Waals surface area contributed by atoms with Crippen molar-refractivity contribution >= 4 is 21.6 Å². The number of para-hydroxylation sites is 1. The van der Waals surface area contributed by atoms with Crippen LogP contribution in [0.15, 0.2) is 59.5 Å². The highest BCUT2D eigenvalue weighted by atomic mass is 32.2. The number of nitrogens with zero attached hydrogens (tertiary/aromatic N) is 1. The molecule has 1 aliphatic heterocycles. The zero-order valence-electron chi connectivity index (χ0n) is 13.8. The molecule has 1 amide bonds. The number of sulfonamides is 1. The number of amides is 1. The minimum Gasteiger partial charge on any atom is -0.367 e. The van der Waals surface area contributed by atoms with Crippen LogP contribution >= 0.6 is 0 Å². The predicted octanol–water partition coefficient (Wildman–Crippen LogP) is 1.73. The maximum Gasteiger partial charge on any atom is 0.251 e. The Morgan fingerprint density at radius 2 is 1.80 bits per heavy atom. The maximum absolute atomic E-state index is 12.3. The first-order valence-corrected chi connectivity index (χ1v) is 9.72. The van der Waals surface area contributed by atoms with Gasteiger partial charge in [-0.15, -0.1) is 0 Å². The summed E-state index contributed by atoms with van der Waals surface area (Å²) in [7, 11) is -3.75. The minimum atomic E-state index is -3.75. The van der Waals surface area contributed by atoms with Crippen molar-refractivity contribution in [2.24, 2.45) is 5.14 Å². The van der Waals surface area contributed by atoms with E-state index in [9.17, 15) is 13.2 Å². The third-order valence-electron chi connectivity index (χ3n) is 4.41. The Kier molecular flexibility index (Phi) is 5.06. The molecule has 1 fully saturated rings. The molecule has 3 rings (SSSR count). The Morgan fingerprint density at radius 1 is 1.12 bits per heavy atom. The highest BCUT2D eigenvalue weighted by molar-refractivity contribution is 7.89. The number of carbonyl (C=O) groups is 1. The lowest BCUT2D eigenvalue weighted by Crippen LogP contribution is -2.40. The quantitative estimate of drug-likeness (QED) is 0.850. The Bertz CT molecular complexity index is 836. The Balaban J connectivity index is 1.62. The number of anilines is 1. The number of carbonyl (C=O) groups excluding carboxylic acids is 1. The van der Waals surface area contributed by atoms with E-state index in [1.807, 2.05) is 18.2 Å². The lowest BCUT2D eigenvalue weighted by atomic mass is 10.1. The van der Waals surface area contributed by atoms with Crippen molar-refractivity contribution in [3.05, 3.63) is 60.2 Å². The summed E-state index contributed by atoms with van der Waals surface area (Å²) in [6, 6.07) is 16.0. The van der Waals surface area contributed by atoms with Crippen molar-refractivity contribution in [3.63, 3.8) is 0 Å². The summed E-state index contributed by atoms with van der Waals surface area (Å²) in [5.41, 5.74) is 1.58. The first-order chi connectivity index (χ1) is 11.9. The topological polar surface area (TPSA) is 92.5 Å². The van der Waals surface area contributed by atoms with Crippen LogP contribution in [-0.4, -0.2) is 33.5 Å². The van der Waals surface area contributed by atoms with E-state index >= 15 is 0 Å². The maximum atomic E-state index is 12.3. The molecule has 0 radical (unpaired) electrons. The minimum absolute atomic E-state index is 0.00454. The lowest BCUT2D eigenvalue weighted by Gasteiger charge is -2.27. The van der Waals surface area contributed by atoms with Crippen molar-refractivity contribution in [1.29, 1.82) is 0 Å². The van der Waals surface area contributed by atoms with Gasteiger partial charge >= 0.3 is 0 Å². The van der Waals surface area contributed by atoms with Crippen molar-refractivity contribution < 1.29 is 13.2 Å². The summed E-state index contributed by atoms with van der Waals surface area (Å²) in [5.74, 6) is -0.221. The van der Waals surface area contributed by atoms with E-state index in [0.29, 0.717) is 12.1 Å². The van der Waals surface area contributed by atoms with Gasteiger partial charge < -0.3 is 10.2 Å². The SMILES string of the molecule is NS(=O)(=O)c1ccc(C(=O)NCC2CCCN2c2ccccc2)cc1. The molecule has 1 aliphatic rings. The van der Waals surface area contributed by atoms with Crippen LogP contribution in [0.1, 0.15) is 23.2 Å². The molecule has 0 saturated carbocycles. The summed E-state index contributed by atoms with van der Waals surface area (Å²) >= 11 is 0. The van der Waals surface area contributed by atoms with Crippen LogP contribution < -0.4 is 15.4 Å². The van der Waals surface area contributed by atoms with Crippen LogP contribution in [0.3, 0.4) is 0 Å². The Hall–Kier alpha value is -2.38. The largest absolute Gasteiger partial charge is 0.367 e. The number of nitrogens with two attached hydrogens (primary N) is 1. The van der Waals surface area contributed by atoms with E-state index in [-0.39, 0.29) is 16.8 Å². The van der Waals surface area contributed by atoms with Gasteiger partial charge in [-0.05, 0) is 49.2 Å². The van der Waals surface area contributed by atoms with E-state index in [2.05, 4.69) is 22.3 Å². The van der Waals surface area contributed by atoms with Gasteiger partial charge in [0, 0.05) is 30.4 Å². The number of hydrogen-bond acceptors (Lipinski definition) is 4. The van der Waals surface area contributed by atoms with Gasteiger partial charge in [-0.2, -0.15) is 0 Å². The highest BCUT2D eigenvalue weighted by Gasteiger charge is 2.25. The molecule has 0 spiro atoms. The molecule has 0 bridgehead atoms. The van der Waals surface area contributed by atoms with Gasteiger partial charge in [0.25, 0.3) is 5.91 Å². The zero-order valence-corrected chi connectivity index (χ0v) is 14.6. The molecule has 6 nitrogen and oxygen atoms in total. The normalized spacial score (nSPS) is 17.5. The molecule has 0 aliphatic carbocycles. The van der Waals surface area contributed by atoms with Crippen molar-refractivity contribution in [3.8, 4) is 0 Å². The summed E-state index contributed by atoms with van der Waals surface area (Å²) in [4.78, 5) is 14.6. The third-order valence-corrected chi connectivity index (χ3v) is 5.34. The highest BCUT2D eigenvalue weighted by Crippen LogP contribution is 2.24. The average Bonchev–Trinajstić information content (AvgIpc) is 3.08. The van der Waals surface area contributed by atoms with Crippen LogP contribution in [0, 0.1) is 0 Å². The molecular formula is C18H21N3O3S. The van der Waals surface area contributed by atoms with Gasteiger partial charge in [-0.25, -0.2) is 13.6 Å². The molecule has 0 aromatic heterocycles. The molecule has 1 saturated heterocycles. The number of primary sulfonamides is 1. The first-order valence-electron chi connectivity index (χ1n) is 8.18. The fraction of sp³-hybridized carbons (Fsp3) is 0.278. The van der Waals surface area contributed by atoms with E-state index in [4.69, 9.17) is 5.14 Å². The standard InChI is InChI=1S/C18H21N3O3S/c19-25(23,24)17-10-8-14(9-11-17)18(22)20-13-16-7-4-12-21(16)15-5-2-1-3-6-15/h1-3,5-6,8-11,16H,4,7,12-13H2,(H,20,22)(H2,19,23,24). The summed E-state index contributed by atoms with van der Waals surface area (Å²) in [5, 5.41) is 8.00. The Labute approximate surface area is 147 Å². The molecule has 1 unspecified atom stereocenters. The van der Waals surface area contributed by atoms with E-state index in [1.54, 1.807) is 0 Å². The number of nitrogens with one attached hydrogen (secondary N) is 1. The van der Waals surface area contributed by atoms with Crippen LogP contribution in [0.2, 0.25) is 0 Å². The third kappa shape index (κ3) is 4.18. The van der Waals surface area contributed by atoms with Crippen molar-refractivity contribution in [2.75, 3.05) is 18.0 Å². The summed E-state index contributed by atoms with van der Waals surface area (Å²) < 4.78 is 22.5. The van der Waals surface area contributed by atoms with E-state index < -0.39 is 10.0 Å². The Morgan fingerprint density at radius 3 is 2.44 bits per heavy atom. The predicted molar refractivity (Wildman–Crippen MR) is 97.0 cm³/mol. The molecule has 132 valence electrons. The fourth-order valence-electron chi connectivity index (χ4n) is 3.12. The molecule has 25 heavy (non-hydrogen) atoms. The van der Waals surface area contributed by atoms with Crippen molar-refractivity contribution in [1.82, 2.24) is 5.32 Å². The van der Waals surface area contributed by atoms with Gasteiger partial charge in [0.05, 0.1) is 4.90 Å². The number of hydrogen-bond donors (Lipinski definition) is 2. The molecule has 2 aromatic carbocycles. The van der Waals surface area contributed by atoms with Crippen molar-refractivity contribution in [2.45, 2.75) is 23.8 Å². The smallest absolute Gasteiger partial charge is 0.251 e. The van der Waals surface area contributed by atoms with Gasteiger partial charge in [-0.3, -0.25) is 4.79 Å². The second-order valence-electron chi connectivity index (χ2n) is 6.10. The molecule has 3 N–H and O–H groups in total. The summed E-state index contributed by atoms with van der Waals surface area (Å²) in [6.07, 6.45) is 2.12. The van der Waals surface area contributed by atoms with Gasteiger partial charge in [-0.1, -0.05) is 18.2 Å². The van der Waals surface area contributed by atoms with Crippen LogP contribution in [0.4, 0.5) is 5.69 Å². The van der Waals surface area contributed by atoms with E-state index in [0.717, 1.165) is 25.1 Å². The monoisotopic (exact) mass is 359 g/mol. The fourth-order valence-corrected chi connectivity index (χ4v) is 3.63. The number of rotatable bonds is 5. The van der Waals surface area contributed by atoms with Crippen LogP contribution in [0.5, 0.6) is 0 Å². The number of benzene rings is 2. The lowest BCUT2D eigenvalue weighted by molar-refractivity contribution is 0.0951. The molecule has 1 atom stereocenters. The van der Waals surface area contributed by atoms with Crippen LogP contribution in [-0.2, 0) is 10.0 Å². The van der Waals surface area contributed by atoms with Gasteiger partial charge in [0.15, 0.2) is 0 Å². The van der Waals surface area contributed by atoms with Crippen LogP contribution in [0.25, 0.3) is 0 Å². The molecule has 7 heteroatoms. The molecule has 1 heterocycles. The average molecular weight is 359 g/mol. The van der Waals surface area contributed by atoms with Gasteiger partial charge in [0.1, 0.15) is 0 Å².